The molecule has 4 nitrogen and oxygen atoms in total. The Bertz CT molecular complexity index is 547. The first kappa shape index (κ1) is 13.1. The van der Waals surface area contributed by atoms with Crippen molar-refractivity contribution in [3.05, 3.63) is 59.7 Å². The lowest BCUT2D eigenvalue weighted by molar-refractivity contribution is 0.102. The van der Waals surface area contributed by atoms with Crippen molar-refractivity contribution in [3.8, 4) is 0 Å². The van der Waals surface area contributed by atoms with Gasteiger partial charge in [-0.3, -0.25) is 4.79 Å². The van der Waals surface area contributed by atoms with Crippen LogP contribution in [-0.2, 0) is 6.61 Å². The van der Waals surface area contributed by atoms with Crippen LogP contribution < -0.4 is 10.6 Å². The topological polar surface area (TPSA) is 61.4 Å². The van der Waals surface area contributed by atoms with E-state index in [0.717, 1.165) is 11.3 Å². The van der Waals surface area contributed by atoms with Gasteiger partial charge in [-0.05, 0) is 42.0 Å². The number of carbonyl (C=O) groups excluding carboxylic acids is 1. The summed E-state index contributed by atoms with van der Waals surface area (Å²) in [4.78, 5) is 12.0. The fourth-order valence-corrected chi connectivity index (χ4v) is 1.69. The molecule has 3 N–H and O–H groups in total. The molecule has 0 radical (unpaired) electrons. The second kappa shape index (κ2) is 6.02. The van der Waals surface area contributed by atoms with Gasteiger partial charge in [0.15, 0.2) is 0 Å². The molecule has 0 bridgehead atoms. The highest BCUT2D eigenvalue weighted by molar-refractivity contribution is 6.04. The summed E-state index contributed by atoms with van der Waals surface area (Å²) >= 11 is 0. The monoisotopic (exact) mass is 256 g/mol. The molecule has 0 atom stereocenters. The summed E-state index contributed by atoms with van der Waals surface area (Å²) in [5, 5.41) is 14.8. The highest BCUT2D eigenvalue weighted by Gasteiger charge is 2.05. The molecule has 0 aliphatic rings. The minimum absolute atomic E-state index is 0.000291. The number of nitrogens with one attached hydrogen (secondary N) is 2. The van der Waals surface area contributed by atoms with Crippen LogP contribution in [0.15, 0.2) is 48.5 Å². The van der Waals surface area contributed by atoms with Gasteiger partial charge in [0, 0.05) is 24.0 Å². The summed E-state index contributed by atoms with van der Waals surface area (Å²) in [6.45, 7) is -0.000291. The predicted octanol–water partition coefficient (Wildman–Crippen LogP) is 2.47. The fraction of sp³-hybridized carbons (Fsp3) is 0.133. The lowest BCUT2D eigenvalue weighted by Gasteiger charge is -2.07. The summed E-state index contributed by atoms with van der Waals surface area (Å²) in [6.07, 6.45) is 0. The molecule has 0 saturated heterocycles. The zero-order chi connectivity index (χ0) is 13.7. The maximum Gasteiger partial charge on any atom is 0.255 e. The van der Waals surface area contributed by atoms with E-state index < -0.39 is 0 Å². The normalized spacial score (nSPS) is 10.0. The van der Waals surface area contributed by atoms with E-state index in [2.05, 4.69) is 10.6 Å². The van der Waals surface area contributed by atoms with Gasteiger partial charge in [-0.1, -0.05) is 12.1 Å². The minimum Gasteiger partial charge on any atom is -0.392 e. The standard InChI is InChI=1S/C15H16N2O2/c1-16-13-8-4-12(5-9-13)15(19)17-14-6-2-11(10-18)3-7-14/h2-9,16,18H,10H2,1H3,(H,17,19). The third kappa shape index (κ3) is 3.33. The maximum atomic E-state index is 12.0. The third-order valence-corrected chi connectivity index (χ3v) is 2.83. The molecular weight excluding hydrogens is 240 g/mol. The van der Waals surface area contributed by atoms with Crippen molar-refractivity contribution in [1.29, 1.82) is 0 Å². The largest absolute Gasteiger partial charge is 0.392 e. The predicted molar refractivity (Wildman–Crippen MR) is 76.3 cm³/mol. The van der Waals surface area contributed by atoms with Gasteiger partial charge in [-0.2, -0.15) is 0 Å². The van der Waals surface area contributed by atoms with Crippen molar-refractivity contribution < 1.29 is 9.90 Å². The summed E-state index contributed by atoms with van der Waals surface area (Å²) in [6, 6.07) is 14.3. The van der Waals surface area contributed by atoms with Crippen LogP contribution in [0, 0.1) is 0 Å². The van der Waals surface area contributed by atoms with E-state index in [0.29, 0.717) is 11.3 Å². The third-order valence-electron chi connectivity index (χ3n) is 2.83. The van der Waals surface area contributed by atoms with Gasteiger partial charge in [0.05, 0.1) is 6.61 Å². The molecule has 19 heavy (non-hydrogen) atoms. The first-order valence-corrected chi connectivity index (χ1v) is 6.02. The van der Waals surface area contributed by atoms with Crippen molar-refractivity contribution in [2.24, 2.45) is 0 Å². The lowest BCUT2D eigenvalue weighted by atomic mass is 10.1. The Morgan fingerprint density at radius 1 is 1.00 bits per heavy atom. The van der Waals surface area contributed by atoms with Crippen LogP contribution in [0.1, 0.15) is 15.9 Å². The summed E-state index contributed by atoms with van der Waals surface area (Å²) < 4.78 is 0. The Balaban J connectivity index is 2.06. The number of amides is 1. The number of aliphatic hydroxyl groups excluding tert-OH is 1. The van der Waals surface area contributed by atoms with E-state index in [1.54, 1.807) is 36.4 Å². The molecule has 2 aromatic rings. The number of carbonyl (C=O) groups is 1. The summed E-state index contributed by atoms with van der Waals surface area (Å²) in [5.74, 6) is -0.153. The SMILES string of the molecule is CNc1ccc(C(=O)Nc2ccc(CO)cc2)cc1. The Hall–Kier alpha value is -2.33. The van der Waals surface area contributed by atoms with Gasteiger partial charge in [-0.25, -0.2) is 0 Å². The quantitative estimate of drug-likeness (QED) is 0.787. The van der Waals surface area contributed by atoms with Gasteiger partial charge < -0.3 is 15.7 Å². The number of hydrogen-bond donors (Lipinski definition) is 3. The minimum atomic E-state index is -0.153. The summed E-state index contributed by atoms with van der Waals surface area (Å²) in [7, 11) is 1.83. The average molecular weight is 256 g/mol. The van der Waals surface area contributed by atoms with Crippen LogP contribution >= 0.6 is 0 Å². The van der Waals surface area contributed by atoms with Gasteiger partial charge >= 0.3 is 0 Å². The molecule has 0 heterocycles. The van der Waals surface area contributed by atoms with Crippen LogP contribution in [0.4, 0.5) is 11.4 Å². The lowest BCUT2D eigenvalue weighted by Crippen LogP contribution is -2.11. The molecule has 98 valence electrons. The van der Waals surface area contributed by atoms with Crippen LogP contribution in [0.5, 0.6) is 0 Å². The maximum absolute atomic E-state index is 12.0. The Morgan fingerprint density at radius 2 is 1.58 bits per heavy atom. The molecular formula is C15H16N2O2. The second-order valence-corrected chi connectivity index (χ2v) is 4.14. The van der Waals surface area contributed by atoms with Gasteiger partial charge in [0.25, 0.3) is 5.91 Å². The zero-order valence-electron chi connectivity index (χ0n) is 10.7. The van der Waals surface area contributed by atoms with E-state index in [1.807, 2.05) is 19.2 Å². The number of hydrogen-bond acceptors (Lipinski definition) is 3. The molecule has 0 unspecified atom stereocenters. The molecule has 2 aromatic carbocycles. The molecule has 0 spiro atoms. The van der Waals surface area contributed by atoms with Crippen molar-refractivity contribution >= 4 is 17.3 Å². The van der Waals surface area contributed by atoms with Crippen LogP contribution in [0.25, 0.3) is 0 Å². The molecule has 0 aliphatic carbocycles. The van der Waals surface area contributed by atoms with E-state index in [-0.39, 0.29) is 12.5 Å². The Kier molecular flexibility index (Phi) is 4.15. The second-order valence-electron chi connectivity index (χ2n) is 4.14. The Labute approximate surface area is 112 Å². The van der Waals surface area contributed by atoms with Crippen LogP contribution in [0.2, 0.25) is 0 Å². The van der Waals surface area contributed by atoms with Crippen molar-refractivity contribution in [3.63, 3.8) is 0 Å². The molecule has 2 rings (SSSR count). The molecule has 0 saturated carbocycles. The van der Waals surface area contributed by atoms with E-state index >= 15 is 0 Å². The summed E-state index contributed by atoms with van der Waals surface area (Å²) in [5.41, 5.74) is 3.09. The molecule has 4 heteroatoms. The van der Waals surface area contributed by atoms with Crippen molar-refractivity contribution in [2.75, 3.05) is 17.7 Å². The van der Waals surface area contributed by atoms with Crippen molar-refractivity contribution in [2.45, 2.75) is 6.61 Å². The number of rotatable bonds is 4. The van der Waals surface area contributed by atoms with E-state index in [9.17, 15) is 4.79 Å². The number of anilines is 2. The van der Waals surface area contributed by atoms with Crippen LogP contribution in [-0.4, -0.2) is 18.1 Å². The Morgan fingerprint density at radius 3 is 2.11 bits per heavy atom. The first-order valence-electron chi connectivity index (χ1n) is 6.02. The molecule has 0 fully saturated rings. The van der Waals surface area contributed by atoms with Gasteiger partial charge in [0.2, 0.25) is 0 Å². The van der Waals surface area contributed by atoms with Crippen LogP contribution in [0.3, 0.4) is 0 Å². The van der Waals surface area contributed by atoms with Gasteiger partial charge in [0.1, 0.15) is 0 Å². The van der Waals surface area contributed by atoms with E-state index in [1.165, 1.54) is 0 Å². The van der Waals surface area contributed by atoms with E-state index in [4.69, 9.17) is 5.11 Å². The number of benzene rings is 2. The number of aliphatic hydroxyl groups is 1. The molecule has 0 aromatic heterocycles. The van der Waals surface area contributed by atoms with Gasteiger partial charge in [-0.15, -0.1) is 0 Å². The molecule has 0 aliphatic heterocycles. The zero-order valence-corrected chi connectivity index (χ0v) is 10.7. The average Bonchev–Trinajstić information content (AvgIpc) is 2.48. The molecule has 1 amide bonds. The fourth-order valence-electron chi connectivity index (χ4n) is 1.69. The highest BCUT2D eigenvalue weighted by Crippen LogP contribution is 2.13. The van der Waals surface area contributed by atoms with Crippen molar-refractivity contribution in [1.82, 2.24) is 0 Å². The first-order chi connectivity index (χ1) is 9.22. The highest BCUT2D eigenvalue weighted by atomic mass is 16.3. The smallest absolute Gasteiger partial charge is 0.255 e.